The Hall–Kier alpha value is -1.01. The number of hydrogen-bond acceptors (Lipinski definition) is 0. The van der Waals surface area contributed by atoms with E-state index in [1.54, 1.807) is 0 Å². The zero-order valence-corrected chi connectivity index (χ0v) is 16.0. The van der Waals surface area contributed by atoms with E-state index in [1.807, 2.05) is 60.7 Å². The molecule has 3 heteroatoms. The summed E-state index contributed by atoms with van der Waals surface area (Å²) < 4.78 is 0. The molecule has 0 nitrogen and oxygen atoms in total. The molecule has 0 saturated carbocycles. The van der Waals surface area contributed by atoms with Crippen molar-refractivity contribution in [2.24, 2.45) is 0 Å². The molecule has 0 fully saturated rings. The Kier molecular flexibility index (Phi) is 11.8. The van der Waals surface area contributed by atoms with Gasteiger partial charge in [0.15, 0.2) is 0 Å². The van der Waals surface area contributed by atoms with Crippen LogP contribution in [0.2, 0.25) is 0 Å². The summed E-state index contributed by atoms with van der Waals surface area (Å²) in [6.45, 7) is 0. The molecule has 0 aliphatic rings. The molecular formula is C19H17Cl2Zr-3. The summed E-state index contributed by atoms with van der Waals surface area (Å²) in [5, 5.41) is 2.66. The smallest absolute Gasteiger partial charge is 0.0809 e. The Morgan fingerprint density at radius 3 is 1.55 bits per heavy atom. The first-order chi connectivity index (χ1) is 10.9. The van der Waals surface area contributed by atoms with E-state index in [0.29, 0.717) is 0 Å². The molecule has 0 bridgehead atoms. The number of hydrogen-bond donors (Lipinski definition) is 0. The topological polar surface area (TPSA) is 0 Å². The Morgan fingerprint density at radius 1 is 0.636 bits per heavy atom. The molecule has 22 heavy (non-hydrogen) atoms. The van der Waals surface area contributed by atoms with E-state index in [4.69, 9.17) is 17.0 Å². The standard InChI is InChI=1S/C9H7.2C5H5.2ClH.Zr/c1-2-5-9-7-3-6-8(9)4-1;2*1-2-4-5-3-1;;;/h1-7H;2*1-5H;2*1H;/q3*-1;;;+2/p-2. The fourth-order valence-corrected chi connectivity index (χ4v) is 1.71. The molecule has 0 N–H and O–H groups in total. The number of rotatable bonds is 0. The third kappa shape index (κ3) is 9.10. The van der Waals surface area contributed by atoms with Gasteiger partial charge in [0.1, 0.15) is 0 Å². The summed E-state index contributed by atoms with van der Waals surface area (Å²) >= 11 is -0.826. The first-order valence-corrected chi connectivity index (χ1v) is 13.1. The van der Waals surface area contributed by atoms with Crippen LogP contribution >= 0.6 is 17.0 Å². The van der Waals surface area contributed by atoms with Crippen LogP contribution in [0.5, 0.6) is 0 Å². The van der Waals surface area contributed by atoms with Crippen molar-refractivity contribution in [3.63, 3.8) is 0 Å². The van der Waals surface area contributed by atoms with E-state index in [0.717, 1.165) is 0 Å². The summed E-state index contributed by atoms with van der Waals surface area (Å²) in [5.74, 6) is 0. The fraction of sp³-hybridized carbons (Fsp3) is 0. The van der Waals surface area contributed by atoms with Gasteiger partial charge < -0.3 is 0 Å². The van der Waals surface area contributed by atoms with Gasteiger partial charge >= 0.3 is 37.9 Å². The average Bonchev–Trinajstić information content (AvgIpc) is 3.33. The van der Waals surface area contributed by atoms with Crippen LogP contribution in [0.4, 0.5) is 0 Å². The van der Waals surface area contributed by atoms with Gasteiger partial charge in [0.2, 0.25) is 0 Å². The van der Waals surface area contributed by atoms with E-state index < -0.39 is 20.8 Å². The molecule has 0 saturated heterocycles. The van der Waals surface area contributed by atoms with Crippen LogP contribution < -0.4 is 0 Å². The zero-order chi connectivity index (χ0) is 15.9. The Bertz CT molecular complexity index is 561. The predicted molar refractivity (Wildman–Crippen MR) is 95.3 cm³/mol. The van der Waals surface area contributed by atoms with Crippen molar-refractivity contribution >= 4 is 27.8 Å². The first-order valence-electron chi connectivity index (χ1n) is 6.78. The van der Waals surface area contributed by atoms with Gasteiger partial charge in [-0.25, -0.2) is 24.3 Å². The van der Waals surface area contributed by atoms with E-state index in [9.17, 15) is 0 Å². The maximum Gasteiger partial charge on any atom is -0.0809 e. The minimum atomic E-state index is -0.826. The number of benzene rings is 1. The molecule has 0 amide bonds. The van der Waals surface area contributed by atoms with Gasteiger partial charge in [0.25, 0.3) is 0 Å². The van der Waals surface area contributed by atoms with Crippen LogP contribution in [0.15, 0.2) is 103 Å². The van der Waals surface area contributed by atoms with Crippen molar-refractivity contribution in [1.82, 2.24) is 0 Å². The Morgan fingerprint density at radius 2 is 1.14 bits per heavy atom. The molecule has 0 spiro atoms. The molecule has 0 unspecified atom stereocenters. The SMILES string of the molecule is [Cl][Zr][Cl].c1cc[cH-]c1.c1cc[cH-]c1.c1ccc2[cH-]ccc2c1. The van der Waals surface area contributed by atoms with Gasteiger partial charge in [0, 0.05) is 0 Å². The summed E-state index contributed by atoms with van der Waals surface area (Å²) in [6, 6.07) is 34.7. The molecule has 4 aromatic rings. The van der Waals surface area contributed by atoms with E-state index in [2.05, 4.69) is 42.5 Å². The first kappa shape index (κ1) is 19.0. The molecule has 0 aliphatic carbocycles. The second-order valence-electron chi connectivity index (χ2n) is 4.15. The van der Waals surface area contributed by atoms with Crippen molar-refractivity contribution in [2.45, 2.75) is 0 Å². The van der Waals surface area contributed by atoms with Crippen LogP contribution in [-0.4, -0.2) is 0 Å². The average molecular weight is 407 g/mol. The molecule has 4 aromatic carbocycles. The van der Waals surface area contributed by atoms with Crippen molar-refractivity contribution in [2.75, 3.05) is 0 Å². The molecule has 0 aliphatic heterocycles. The van der Waals surface area contributed by atoms with Crippen molar-refractivity contribution in [3.8, 4) is 0 Å². The molecular weight excluding hydrogens is 390 g/mol. The largest absolute Gasteiger partial charge is 0.214 e. The third-order valence-electron chi connectivity index (χ3n) is 2.66. The van der Waals surface area contributed by atoms with Gasteiger partial charge in [-0.15, -0.1) is 29.7 Å². The maximum atomic E-state index is 4.93. The van der Waals surface area contributed by atoms with Crippen LogP contribution in [-0.2, 0) is 20.8 Å². The Balaban J connectivity index is 0.000000161. The summed E-state index contributed by atoms with van der Waals surface area (Å²) in [4.78, 5) is 0. The summed E-state index contributed by atoms with van der Waals surface area (Å²) in [6.07, 6.45) is 0. The Labute approximate surface area is 151 Å². The molecule has 0 aromatic heterocycles. The second-order valence-corrected chi connectivity index (χ2v) is 7.88. The van der Waals surface area contributed by atoms with Crippen LogP contribution in [0.25, 0.3) is 10.8 Å². The molecule has 0 heterocycles. The molecule has 0 atom stereocenters. The molecule has 114 valence electrons. The van der Waals surface area contributed by atoms with Crippen molar-refractivity contribution < 1.29 is 20.8 Å². The monoisotopic (exact) mass is 405 g/mol. The van der Waals surface area contributed by atoms with Crippen LogP contribution in [0.1, 0.15) is 0 Å². The zero-order valence-electron chi connectivity index (χ0n) is 12.1. The quantitative estimate of drug-likeness (QED) is 0.283. The van der Waals surface area contributed by atoms with Gasteiger partial charge in [-0.3, -0.25) is 0 Å². The maximum absolute atomic E-state index is 4.93. The van der Waals surface area contributed by atoms with Crippen LogP contribution in [0, 0.1) is 0 Å². The van der Waals surface area contributed by atoms with Crippen molar-refractivity contribution in [3.05, 3.63) is 103 Å². The predicted octanol–water partition coefficient (Wildman–Crippen LogP) is 6.75. The number of fused-ring (bicyclic) bond motifs is 1. The van der Waals surface area contributed by atoms with Crippen LogP contribution in [0.3, 0.4) is 0 Å². The van der Waals surface area contributed by atoms with E-state index in [-0.39, 0.29) is 0 Å². The minimum absolute atomic E-state index is 0.826. The number of halogens is 2. The van der Waals surface area contributed by atoms with Gasteiger partial charge in [-0.05, 0) is 0 Å². The van der Waals surface area contributed by atoms with Gasteiger partial charge in [-0.1, -0.05) is 6.07 Å². The second kappa shape index (κ2) is 13.6. The minimum Gasteiger partial charge on any atom is -0.214 e. The molecule has 4 rings (SSSR count). The normalized spacial score (nSPS) is 8.45. The third-order valence-corrected chi connectivity index (χ3v) is 2.66. The fourth-order valence-electron chi connectivity index (χ4n) is 1.71. The van der Waals surface area contributed by atoms with E-state index >= 15 is 0 Å². The van der Waals surface area contributed by atoms with E-state index in [1.165, 1.54) is 10.8 Å². The van der Waals surface area contributed by atoms with Crippen molar-refractivity contribution in [1.29, 1.82) is 0 Å². The van der Waals surface area contributed by atoms with Gasteiger partial charge in [0.05, 0.1) is 0 Å². The summed E-state index contributed by atoms with van der Waals surface area (Å²) in [7, 11) is 9.87. The van der Waals surface area contributed by atoms with Gasteiger partial charge in [-0.2, -0.15) is 53.9 Å². The summed E-state index contributed by atoms with van der Waals surface area (Å²) in [5.41, 5.74) is 0. The molecule has 0 radical (unpaired) electrons.